The molecule has 0 unspecified atom stereocenters. The van der Waals surface area contributed by atoms with Crippen LogP contribution in [0, 0.1) is 0 Å². The molecule has 0 radical (unpaired) electrons. The van der Waals surface area contributed by atoms with Crippen molar-refractivity contribution in [3.05, 3.63) is 54.6 Å². The Bertz CT molecular complexity index is 896. The number of carbonyl (C=O) groups excluding carboxylic acids is 1. The summed E-state index contributed by atoms with van der Waals surface area (Å²) in [6, 6.07) is 15.4. The molecule has 25 heavy (non-hydrogen) atoms. The molecule has 2 fully saturated rings. The van der Waals surface area contributed by atoms with E-state index in [1.165, 1.54) is 0 Å². The third kappa shape index (κ3) is 2.64. The summed E-state index contributed by atoms with van der Waals surface area (Å²) in [5.41, 5.74) is 1.40. The first-order valence-electron chi connectivity index (χ1n) is 8.02. The van der Waals surface area contributed by atoms with Gasteiger partial charge < -0.3 is 4.74 Å². The molecule has 2 aromatic carbocycles. The van der Waals surface area contributed by atoms with Gasteiger partial charge in [-0.1, -0.05) is 18.2 Å². The van der Waals surface area contributed by atoms with Gasteiger partial charge in [-0.2, -0.15) is 0 Å². The average molecular weight is 358 g/mol. The van der Waals surface area contributed by atoms with E-state index < -0.39 is 9.84 Å². The maximum absolute atomic E-state index is 13.1. The van der Waals surface area contributed by atoms with E-state index >= 15 is 0 Å². The Morgan fingerprint density at radius 3 is 1.92 bits per heavy atom. The smallest absolute Gasteiger partial charge is 0.329 e. The molecule has 2 heterocycles. The third-order valence-electron chi connectivity index (χ3n) is 4.75. The number of hydrogen-bond donors (Lipinski definition) is 0. The van der Waals surface area contributed by atoms with Crippen LogP contribution in [0.25, 0.3) is 0 Å². The van der Waals surface area contributed by atoms with E-state index in [0.717, 1.165) is 5.69 Å². The number of benzene rings is 2. The highest BCUT2D eigenvalue weighted by atomic mass is 32.2. The van der Waals surface area contributed by atoms with Crippen molar-refractivity contribution >= 4 is 27.2 Å². The summed E-state index contributed by atoms with van der Waals surface area (Å²) in [7, 11) is -1.61. The standard InChI is InChI=1S/C18H18N2O4S/c1-24-15-9-7-14(8-10-15)20-17-12-25(22,23)11-16(17)19(18(20)21)13-5-3-2-4-6-13/h2-10,16-17H,11-12H2,1H3/t16-,17+/m1/s1. The zero-order chi connectivity index (χ0) is 17.6. The second kappa shape index (κ2) is 5.77. The number of nitrogens with zero attached hydrogens (tertiary/aromatic N) is 2. The van der Waals surface area contributed by atoms with Crippen LogP contribution in [0.1, 0.15) is 0 Å². The van der Waals surface area contributed by atoms with Crippen molar-refractivity contribution in [2.24, 2.45) is 0 Å². The number of urea groups is 1. The number of amides is 2. The topological polar surface area (TPSA) is 66.9 Å². The lowest BCUT2D eigenvalue weighted by Crippen LogP contribution is -2.37. The van der Waals surface area contributed by atoms with Crippen molar-refractivity contribution < 1.29 is 17.9 Å². The van der Waals surface area contributed by atoms with Crippen LogP contribution in [0.3, 0.4) is 0 Å². The molecule has 0 N–H and O–H groups in total. The van der Waals surface area contributed by atoms with E-state index in [1.54, 1.807) is 41.2 Å². The highest BCUT2D eigenvalue weighted by Crippen LogP contribution is 2.38. The van der Waals surface area contributed by atoms with Gasteiger partial charge in [0.25, 0.3) is 0 Å². The van der Waals surface area contributed by atoms with Gasteiger partial charge in [-0.15, -0.1) is 0 Å². The number of carbonyl (C=O) groups is 1. The van der Waals surface area contributed by atoms with Crippen LogP contribution in [0.4, 0.5) is 16.2 Å². The van der Waals surface area contributed by atoms with E-state index in [1.807, 2.05) is 30.3 Å². The minimum Gasteiger partial charge on any atom is -0.497 e. The molecule has 2 aliphatic rings. The SMILES string of the molecule is COc1ccc(N2C(=O)N(c3ccccc3)[C@@H]3CS(=O)(=O)C[C@@H]32)cc1. The predicted molar refractivity (Wildman–Crippen MR) is 96.0 cm³/mol. The lowest BCUT2D eigenvalue weighted by atomic mass is 10.1. The zero-order valence-corrected chi connectivity index (χ0v) is 14.5. The van der Waals surface area contributed by atoms with Crippen molar-refractivity contribution in [1.29, 1.82) is 0 Å². The molecule has 0 aliphatic carbocycles. The van der Waals surface area contributed by atoms with Gasteiger partial charge in [0.2, 0.25) is 0 Å². The monoisotopic (exact) mass is 358 g/mol. The maximum Gasteiger partial charge on any atom is 0.329 e. The van der Waals surface area contributed by atoms with Gasteiger partial charge in [0.05, 0.1) is 30.7 Å². The number of hydrogen-bond acceptors (Lipinski definition) is 4. The van der Waals surface area contributed by atoms with Gasteiger partial charge in [0.15, 0.2) is 9.84 Å². The predicted octanol–water partition coefficient (Wildman–Crippen LogP) is 2.31. The molecule has 2 saturated heterocycles. The van der Waals surface area contributed by atoms with Crippen LogP contribution in [0.5, 0.6) is 5.75 Å². The van der Waals surface area contributed by atoms with Gasteiger partial charge in [0.1, 0.15) is 5.75 Å². The number of methoxy groups -OCH3 is 1. The summed E-state index contributed by atoms with van der Waals surface area (Å²) >= 11 is 0. The van der Waals surface area contributed by atoms with E-state index in [4.69, 9.17) is 4.74 Å². The Morgan fingerprint density at radius 1 is 0.880 bits per heavy atom. The highest BCUT2D eigenvalue weighted by molar-refractivity contribution is 7.91. The molecule has 0 saturated carbocycles. The molecule has 4 rings (SSSR count). The Hall–Kier alpha value is -2.54. The summed E-state index contributed by atoms with van der Waals surface area (Å²) in [5, 5.41) is 0. The summed E-state index contributed by atoms with van der Waals surface area (Å²) in [6.45, 7) is 0. The fourth-order valence-corrected chi connectivity index (χ4v) is 5.56. The van der Waals surface area contributed by atoms with Crippen LogP contribution < -0.4 is 14.5 Å². The lowest BCUT2D eigenvalue weighted by Gasteiger charge is -2.22. The summed E-state index contributed by atoms with van der Waals surface area (Å²) in [5.74, 6) is 0.662. The molecule has 0 aromatic heterocycles. The van der Waals surface area contributed by atoms with Crippen molar-refractivity contribution in [2.75, 3.05) is 28.4 Å². The second-order valence-corrected chi connectivity index (χ2v) is 8.42. The Labute approximate surface area is 146 Å². The normalized spacial score (nSPS) is 24.4. The summed E-state index contributed by atoms with van der Waals surface area (Å²) < 4.78 is 29.6. The van der Waals surface area contributed by atoms with E-state index in [9.17, 15) is 13.2 Å². The molecule has 7 heteroatoms. The van der Waals surface area contributed by atoms with Gasteiger partial charge in [-0.05, 0) is 36.4 Å². The molecule has 2 aliphatic heterocycles. The average Bonchev–Trinajstić information content (AvgIpc) is 3.04. The van der Waals surface area contributed by atoms with E-state index in [0.29, 0.717) is 11.4 Å². The molecule has 0 bridgehead atoms. The number of ether oxygens (including phenoxy) is 1. The first-order valence-corrected chi connectivity index (χ1v) is 9.84. The molecule has 0 spiro atoms. The summed E-state index contributed by atoms with van der Waals surface area (Å²) in [4.78, 5) is 16.3. The zero-order valence-electron chi connectivity index (χ0n) is 13.7. The molecular formula is C18H18N2O4S. The molecule has 2 amide bonds. The molecule has 130 valence electrons. The van der Waals surface area contributed by atoms with Crippen molar-refractivity contribution in [2.45, 2.75) is 12.1 Å². The number of rotatable bonds is 3. The fraction of sp³-hybridized carbons (Fsp3) is 0.278. The van der Waals surface area contributed by atoms with Crippen LogP contribution in [0.15, 0.2) is 54.6 Å². The molecule has 2 atom stereocenters. The fourth-order valence-electron chi connectivity index (χ4n) is 3.64. The minimum absolute atomic E-state index is 0.00897. The number of para-hydroxylation sites is 1. The van der Waals surface area contributed by atoms with Crippen molar-refractivity contribution in [3.8, 4) is 5.75 Å². The van der Waals surface area contributed by atoms with Crippen LogP contribution >= 0.6 is 0 Å². The number of anilines is 2. The summed E-state index contributed by atoms with van der Waals surface area (Å²) in [6.07, 6.45) is 0. The van der Waals surface area contributed by atoms with Gasteiger partial charge in [-0.3, -0.25) is 9.80 Å². The number of fused-ring (bicyclic) bond motifs is 1. The van der Waals surface area contributed by atoms with Gasteiger partial charge in [0, 0.05) is 11.4 Å². The Morgan fingerprint density at radius 2 is 1.40 bits per heavy atom. The second-order valence-electron chi connectivity index (χ2n) is 6.27. The van der Waals surface area contributed by atoms with E-state index in [2.05, 4.69) is 0 Å². The van der Waals surface area contributed by atoms with Crippen LogP contribution in [-0.4, -0.2) is 45.1 Å². The van der Waals surface area contributed by atoms with E-state index in [-0.39, 0.29) is 29.6 Å². The third-order valence-corrected chi connectivity index (χ3v) is 6.45. The maximum atomic E-state index is 13.1. The lowest BCUT2D eigenvalue weighted by molar-refractivity contribution is 0.255. The van der Waals surface area contributed by atoms with Crippen LogP contribution in [-0.2, 0) is 9.84 Å². The molecular weight excluding hydrogens is 340 g/mol. The van der Waals surface area contributed by atoms with Crippen LogP contribution in [0.2, 0.25) is 0 Å². The Kier molecular flexibility index (Phi) is 3.68. The Balaban J connectivity index is 1.77. The largest absolute Gasteiger partial charge is 0.497 e. The van der Waals surface area contributed by atoms with Gasteiger partial charge >= 0.3 is 6.03 Å². The first kappa shape index (κ1) is 16.0. The highest BCUT2D eigenvalue weighted by Gasteiger charge is 2.54. The quantitative estimate of drug-likeness (QED) is 0.790. The number of sulfone groups is 1. The van der Waals surface area contributed by atoms with Crippen molar-refractivity contribution in [1.82, 2.24) is 0 Å². The molecule has 6 nitrogen and oxygen atoms in total. The van der Waals surface area contributed by atoms with Crippen molar-refractivity contribution in [3.63, 3.8) is 0 Å². The van der Waals surface area contributed by atoms with Gasteiger partial charge in [-0.25, -0.2) is 13.2 Å². The first-order chi connectivity index (χ1) is 12.0. The molecule has 2 aromatic rings. The minimum atomic E-state index is -3.18.